The molecule has 0 fully saturated rings. The molecule has 3 N–H and O–H groups in total. The highest BCUT2D eigenvalue weighted by atomic mass is 16.5. The molecule has 0 spiro atoms. The number of hydrogen-bond acceptors (Lipinski definition) is 5. The average molecular weight is 222 g/mol. The van der Waals surface area contributed by atoms with Crippen LogP contribution in [0.2, 0.25) is 0 Å². The normalized spacial score (nSPS) is 10.9. The van der Waals surface area contributed by atoms with Gasteiger partial charge >= 0.3 is 5.63 Å². The first-order valence-corrected chi connectivity index (χ1v) is 4.66. The van der Waals surface area contributed by atoms with Crippen molar-refractivity contribution in [2.45, 2.75) is 13.2 Å². The van der Waals surface area contributed by atoms with Crippen LogP contribution < -0.4 is 5.63 Å². The second kappa shape index (κ2) is 3.96. The maximum Gasteiger partial charge on any atom is 0.339 e. The molecule has 2 rings (SSSR count). The van der Waals surface area contributed by atoms with E-state index in [1.54, 1.807) is 0 Å². The molecule has 5 nitrogen and oxygen atoms in total. The van der Waals surface area contributed by atoms with E-state index in [2.05, 4.69) is 4.42 Å². The predicted molar refractivity (Wildman–Crippen MR) is 56.0 cm³/mol. The number of fused-ring (bicyclic) bond motifs is 1. The topological polar surface area (TPSA) is 90.9 Å². The Bertz CT molecular complexity index is 585. The Hall–Kier alpha value is -1.85. The van der Waals surface area contributed by atoms with Gasteiger partial charge in [0.2, 0.25) is 0 Å². The lowest BCUT2D eigenvalue weighted by molar-refractivity contribution is 0.260. The molecular formula is C11H10O5. The summed E-state index contributed by atoms with van der Waals surface area (Å²) in [5.41, 5.74) is 0.338. The lowest BCUT2D eigenvalue weighted by atomic mass is 10.0. The number of aliphatic hydroxyl groups excluding tert-OH is 2. The van der Waals surface area contributed by atoms with Crippen LogP contribution in [0.1, 0.15) is 11.1 Å². The average Bonchev–Trinajstić information content (AvgIpc) is 2.27. The zero-order valence-electron chi connectivity index (χ0n) is 8.30. The summed E-state index contributed by atoms with van der Waals surface area (Å²) in [6, 6.07) is 4.24. The Morgan fingerprint density at radius 1 is 1.06 bits per heavy atom. The molecule has 0 aliphatic carbocycles. The van der Waals surface area contributed by atoms with Gasteiger partial charge in [0.15, 0.2) is 0 Å². The van der Waals surface area contributed by atoms with E-state index in [9.17, 15) is 9.90 Å². The highest BCUT2D eigenvalue weighted by Gasteiger charge is 2.09. The Labute approximate surface area is 90.2 Å². The third kappa shape index (κ3) is 1.66. The minimum Gasteiger partial charge on any atom is -0.480 e. The van der Waals surface area contributed by atoms with E-state index >= 15 is 0 Å². The van der Waals surface area contributed by atoms with Crippen molar-refractivity contribution < 1.29 is 19.7 Å². The highest BCUT2D eigenvalue weighted by molar-refractivity contribution is 5.87. The molecule has 0 amide bonds. The van der Waals surface area contributed by atoms with Crippen molar-refractivity contribution in [3.63, 3.8) is 0 Å². The molecule has 0 aliphatic heterocycles. The van der Waals surface area contributed by atoms with Crippen LogP contribution in [0, 0.1) is 0 Å². The van der Waals surface area contributed by atoms with Gasteiger partial charge in [0.1, 0.15) is 0 Å². The monoisotopic (exact) mass is 222 g/mol. The maximum absolute atomic E-state index is 11.0. The van der Waals surface area contributed by atoms with Crippen LogP contribution in [0.3, 0.4) is 0 Å². The molecule has 2 aromatic rings. The molecule has 0 atom stereocenters. The Morgan fingerprint density at radius 3 is 2.31 bits per heavy atom. The third-order valence-electron chi connectivity index (χ3n) is 2.41. The van der Waals surface area contributed by atoms with Crippen LogP contribution in [0.15, 0.2) is 27.4 Å². The van der Waals surface area contributed by atoms with Crippen molar-refractivity contribution in [2.24, 2.45) is 0 Å². The van der Waals surface area contributed by atoms with Gasteiger partial charge in [0, 0.05) is 6.07 Å². The number of rotatable bonds is 2. The zero-order chi connectivity index (χ0) is 11.7. The number of aliphatic hydroxyl groups is 2. The standard InChI is InChI=1S/C11H10O5/c12-4-7-1-6-3-10(14)16-11(15)9(6)2-8(7)5-13/h1-3,12-13,15H,4-5H2. The van der Waals surface area contributed by atoms with Crippen LogP contribution in [0.5, 0.6) is 5.95 Å². The lowest BCUT2D eigenvalue weighted by Gasteiger charge is -2.07. The van der Waals surface area contributed by atoms with E-state index in [0.717, 1.165) is 0 Å². The Balaban J connectivity index is 2.83. The number of aromatic hydroxyl groups is 1. The molecule has 0 saturated heterocycles. The van der Waals surface area contributed by atoms with E-state index in [-0.39, 0.29) is 13.2 Å². The van der Waals surface area contributed by atoms with Crippen molar-refractivity contribution in [1.29, 1.82) is 0 Å². The van der Waals surface area contributed by atoms with Gasteiger partial charge < -0.3 is 19.7 Å². The van der Waals surface area contributed by atoms with Crippen molar-refractivity contribution in [1.82, 2.24) is 0 Å². The van der Waals surface area contributed by atoms with Crippen molar-refractivity contribution in [2.75, 3.05) is 0 Å². The van der Waals surface area contributed by atoms with Crippen LogP contribution in [0.25, 0.3) is 10.8 Å². The van der Waals surface area contributed by atoms with Crippen LogP contribution in [-0.4, -0.2) is 15.3 Å². The molecule has 0 radical (unpaired) electrons. The third-order valence-corrected chi connectivity index (χ3v) is 2.41. The number of benzene rings is 1. The Morgan fingerprint density at radius 2 is 1.69 bits per heavy atom. The summed E-state index contributed by atoms with van der Waals surface area (Å²) in [4.78, 5) is 11.0. The second-order valence-electron chi connectivity index (χ2n) is 3.39. The summed E-state index contributed by atoms with van der Waals surface area (Å²) in [6.45, 7) is -0.503. The van der Waals surface area contributed by atoms with Crippen LogP contribution in [0.4, 0.5) is 0 Å². The fourth-order valence-corrected chi connectivity index (χ4v) is 1.61. The van der Waals surface area contributed by atoms with Gasteiger partial charge in [-0.05, 0) is 28.6 Å². The summed E-state index contributed by atoms with van der Waals surface area (Å²) in [6.07, 6.45) is 0. The summed E-state index contributed by atoms with van der Waals surface area (Å²) in [5.74, 6) is -0.485. The molecule has 5 heteroatoms. The summed E-state index contributed by atoms with van der Waals surface area (Å²) in [7, 11) is 0. The first-order valence-electron chi connectivity index (χ1n) is 4.66. The minimum absolute atomic E-state index is 0.243. The molecule has 1 heterocycles. The van der Waals surface area contributed by atoms with Gasteiger partial charge in [-0.3, -0.25) is 0 Å². The van der Waals surface area contributed by atoms with Gasteiger partial charge in [-0.15, -0.1) is 0 Å². The van der Waals surface area contributed by atoms with E-state index in [0.29, 0.717) is 21.9 Å². The van der Waals surface area contributed by atoms with Crippen LogP contribution in [-0.2, 0) is 13.2 Å². The zero-order valence-corrected chi connectivity index (χ0v) is 8.30. The molecule has 1 aromatic heterocycles. The van der Waals surface area contributed by atoms with Gasteiger partial charge in [-0.1, -0.05) is 0 Å². The predicted octanol–water partition coefficient (Wildman–Crippen LogP) is 0.483. The molecule has 0 bridgehead atoms. The first kappa shape index (κ1) is 10.7. The van der Waals surface area contributed by atoms with E-state index in [1.165, 1.54) is 18.2 Å². The first-order chi connectivity index (χ1) is 7.65. The molecule has 0 unspecified atom stereocenters. The van der Waals surface area contributed by atoms with Crippen molar-refractivity contribution in [3.05, 3.63) is 39.7 Å². The molecule has 0 saturated carbocycles. The molecule has 0 aliphatic rings. The fourth-order valence-electron chi connectivity index (χ4n) is 1.61. The number of hydrogen-bond donors (Lipinski definition) is 3. The highest BCUT2D eigenvalue weighted by Crippen LogP contribution is 2.26. The van der Waals surface area contributed by atoms with Gasteiger partial charge in [-0.25, -0.2) is 4.79 Å². The summed E-state index contributed by atoms with van der Waals surface area (Å²) in [5, 5.41) is 28.4. The van der Waals surface area contributed by atoms with E-state index < -0.39 is 11.6 Å². The summed E-state index contributed by atoms with van der Waals surface area (Å²) < 4.78 is 4.52. The largest absolute Gasteiger partial charge is 0.480 e. The molecule has 84 valence electrons. The van der Waals surface area contributed by atoms with Crippen molar-refractivity contribution >= 4 is 10.8 Å². The fraction of sp³-hybridized carbons (Fsp3) is 0.182. The van der Waals surface area contributed by atoms with Crippen LogP contribution >= 0.6 is 0 Å². The Kier molecular flexibility index (Phi) is 2.64. The molecule has 16 heavy (non-hydrogen) atoms. The minimum atomic E-state index is -0.661. The maximum atomic E-state index is 11.0. The second-order valence-corrected chi connectivity index (χ2v) is 3.39. The quantitative estimate of drug-likeness (QED) is 0.687. The van der Waals surface area contributed by atoms with Gasteiger partial charge in [0.25, 0.3) is 5.95 Å². The lowest BCUT2D eigenvalue weighted by Crippen LogP contribution is -1.99. The SMILES string of the molecule is O=c1cc2cc(CO)c(CO)cc2c(O)o1. The van der Waals surface area contributed by atoms with Crippen molar-refractivity contribution in [3.8, 4) is 5.95 Å². The molecule has 1 aromatic carbocycles. The molecular weight excluding hydrogens is 212 g/mol. The van der Waals surface area contributed by atoms with Gasteiger partial charge in [-0.2, -0.15) is 0 Å². The van der Waals surface area contributed by atoms with E-state index in [4.69, 9.17) is 10.2 Å². The smallest absolute Gasteiger partial charge is 0.339 e. The summed E-state index contributed by atoms with van der Waals surface area (Å²) >= 11 is 0. The van der Waals surface area contributed by atoms with E-state index in [1.807, 2.05) is 0 Å². The van der Waals surface area contributed by atoms with Gasteiger partial charge in [0.05, 0.1) is 18.6 Å².